The summed E-state index contributed by atoms with van der Waals surface area (Å²) in [5.74, 6) is 0.537. The Labute approximate surface area is 166 Å². The SMILES string of the molecule is CN1C(=O)C(C)(C)c2cc(-c3csc(NC(=O)Oc4ccccc4)n3)ccc21. The zero-order valence-electron chi connectivity index (χ0n) is 15.7. The van der Waals surface area contributed by atoms with Crippen molar-refractivity contribution in [3.8, 4) is 17.0 Å². The van der Waals surface area contributed by atoms with Gasteiger partial charge in [-0.15, -0.1) is 11.3 Å². The van der Waals surface area contributed by atoms with Gasteiger partial charge in [-0.3, -0.25) is 10.1 Å². The first-order valence-corrected chi connectivity index (χ1v) is 9.67. The second kappa shape index (κ2) is 6.76. The fraction of sp³-hybridized carbons (Fsp3) is 0.190. The number of benzene rings is 2. The van der Waals surface area contributed by atoms with E-state index in [0.717, 1.165) is 22.5 Å². The normalized spacial score (nSPS) is 14.7. The zero-order chi connectivity index (χ0) is 19.9. The van der Waals surface area contributed by atoms with E-state index in [2.05, 4.69) is 10.3 Å². The van der Waals surface area contributed by atoms with E-state index < -0.39 is 11.5 Å². The van der Waals surface area contributed by atoms with Gasteiger partial charge in [-0.05, 0) is 43.7 Å². The summed E-state index contributed by atoms with van der Waals surface area (Å²) in [6.45, 7) is 3.85. The Hall–Kier alpha value is -3.19. The number of nitrogens with zero attached hydrogens (tertiary/aromatic N) is 2. The number of fused-ring (bicyclic) bond motifs is 1. The molecule has 0 spiro atoms. The molecule has 1 N–H and O–H groups in total. The highest BCUT2D eigenvalue weighted by Gasteiger charge is 2.42. The van der Waals surface area contributed by atoms with Crippen molar-refractivity contribution in [2.24, 2.45) is 0 Å². The molecule has 1 aromatic heterocycles. The van der Waals surface area contributed by atoms with Gasteiger partial charge in [-0.1, -0.05) is 24.3 Å². The molecule has 1 aliphatic rings. The van der Waals surface area contributed by atoms with Crippen LogP contribution in [0.25, 0.3) is 11.3 Å². The third-order valence-corrected chi connectivity index (χ3v) is 5.59. The number of thiazole rings is 1. The molecule has 0 aliphatic carbocycles. The van der Waals surface area contributed by atoms with Crippen molar-refractivity contribution in [3.63, 3.8) is 0 Å². The van der Waals surface area contributed by atoms with Crippen molar-refractivity contribution in [1.29, 1.82) is 0 Å². The van der Waals surface area contributed by atoms with E-state index in [1.165, 1.54) is 11.3 Å². The summed E-state index contributed by atoms with van der Waals surface area (Å²) in [4.78, 5) is 30.7. The Morgan fingerprint density at radius 1 is 1.18 bits per heavy atom. The summed E-state index contributed by atoms with van der Waals surface area (Å²) in [6.07, 6.45) is -0.589. The van der Waals surface area contributed by atoms with E-state index in [4.69, 9.17) is 4.74 Å². The van der Waals surface area contributed by atoms with Crippen LogP contribution in [0.5, 0.6) is 5.75 Å². The van der Waals surface area contributed by atoms with E-state index in [1.807, 2.05) is 43.5 Å². The predicted octanol–water partition coefficient (Wildman–Crippen LogP) is 4.68. The highest BCUT2D eigenvalue weighted by atomic mass is 32.1. The largest absolute Gasteiger partial charge is 0.418 e. The monoisotopic (exact) mass is 393 g/mol. The molecule has 2 amide bonds. The van der Waals surface area contributed by atoms with E-state index >= 15 is 0 Å². The molecule has 6 nitrogen and oxygen atoms in total. The fourth-order valence-electron chi connectivity index (χ4n) is 3.30. The third kappa shape index (κ3) is 3.14. The summed E-state index contributed by atoms with van der Waals surface area (Å²) in [5.41, 5.74) is 2.95. The van der Waals surface area contributed by atoms with Crippen LogP contribution in [-0.4, -0.2) is 24.0 Å². The molecule has 0 unspecified atom stereocenters. The van der Waals surface area contributed by atoms with E-state index in [1.54, 1.807) is 36.2 Å². The molecule has 0 atom stereocenters. The highest BCUT2D eigenvalue weighted by Crippen LogP contribution is 2.42. The second-order valence-corrected chi connectivity index (χ2v) is 7.94. The summed E-state index contributed by atoms with van der Waals surface area (Å²) < 4.78 is 5.22. The Balaban J connectivity index is 1.53. The van der Waals surface area contributed by atoms with Gasteiger partial charge in [0.25, 0.3) is 0 Å². The average Bonchev–Trinajstić information content (AvgIpc) is 3.20. The van der Waals surface area contributed by atoms with E-state index in [0.29, 0.717) is 10.9 Å². The molecule has 2 aromatic carbocycles. The number of amides is 2. The van der Waals surface area contributed by atoms with Crippen LogP contribution in [0.15, 0.2) is 53.9 Å². The molecule has 2 heterocycles. The summed E-state index contributed by atoms with van der Waals surface area (Å²) >= 11 is 1.32. The van der Waals surface area contributed by atoms with Gasteiger partial charge in [0.1, 0.15) is 5.75 Å². The number of aromatic nitrogens is 1. The maximum Gasteiger partial charge on any atom is 0.418 e. The number of ether oxygens (including phenoxy) is 1. The lowest BCUT2D eigenvalue weighted by atomic mass is 9.85. The number of rotatable bonds is 3. The standard InChI is InChI=1S/C21H19N3O3S/c1-21(2)15-11-13(9-10-17(15)24(3)18(21)25)16-12-28-19(22-16)23-20(26)27-14-7-5-4-6-8-14/h4-12H,1-3H3,(H,22,23,26). The Morgan fingerprint density at radius 3 is 2.68 bits per heavy atom. The fourth-order valence-corrected chi connectivity index (χ4v) is 4.01. The van der Waals surface area contributed by atoms with Crippen LogP contribution in [0.4, 0.5) is 15.6 Å². The number of hydrogen-bond acceptors (Lipinski definition) is 5. The smallest absolute Gasteiger partial charge is 0.410 e. The molecule has 28 heavy (non-hydrogen) atoms. The number of nitrogens with one attached hydrogen (secondary N) is 1. The van der Waals surface area contributed by atoms with Gasteiger partial charge in [0.05, 0.1) is 11.1 Å². The van der Waals surface area contributed by atoms with Gasteiger partial charge < -0.3 is 9.64 Å². The lowest BCUT2D eigenvalue weighted by molar-refractivity contribution is -0.121. The van der Waals surface area contributed by atoms with Gasteiger partial charge in [0.15, 0.2) is 5.13 Å². The van der Waals surface area contributed by atoms with Gasteiger partial charge >= 0.3 is 6.09 Å². The van der Waals surface area contributed by atoms with Crippen molar-refractivity contribution >= 4 is 34.2 Å². The highest BCUT2D eigenvalue weighted by molar-refractivity contribution is 7.14. The van der Waals surface area contributed by atoms with Gasteiger partial charge in [-0.25, -0.2) is 9.78 Å². The van der Waals surface area contributed by atoms with Crippen LogP contribution >= 0.6 is 11.3 Å². The number of likely N-dealkylation sites (N-methyl/N-ethyl adjacent to an activating group) is 1. The molecule has 3 aromatic rings. The molecule has 0 saturated carbocycles. The molecule has 0 radical (unpaired) electrons. The van der Waals surface area contributed by atoms with Crippen LogP contribution in [-0.2, 0) is 10.2 Å². The number of carbonyl (C=O) groups is 2. The molecular weight excluding hydrogens is 374 g/mol. The van der Waals surface area contributed by atoms with Crippen LogP contribution < -0.4 is 15.0 Å². The van der Waals surface area contributed by atoms with Crippen molar-refractivity contribution in [2.75, 3.05) is 17.3 Å². The predicted molar refractivity (Wildman–Crippen MR) is 110 cm³/mol. The molecule has 0 fully saturated rings. The zero-order valence-corrected chi connectivity index (χ0v) is 16.5. The molecule has 4 rings (SSSR count). The summed E-state index contributed by atoms with van der Waals surface area (Å²) in [5, 5.41) is 4.96. The quantitative estimate of drug-likeness (QED) is 0.702. The van der Waals surface area contributed by atoms with Crippen molar-refractivity contribution in [1.82, 2.24) is 4.98 Å². The number of carbonyl (C=O) groups excluding carboxylic acids is 2. The topological polar surface area (TPSA) is 71.5 Å². The molecule has 7 heteroatoms. The Bertz CT molecular complexity index is 1060. The maximum atomic E-state index is 12.5. The molecule has 142 valence electrons. The first kappa shape index (κ1) is 18.2. The molecule has 0 saturated heterocycles. The first-order chi connectivity index (χ1) is 13.4. The lowest BCUT2D eigenvalue weighted by Crippen LogP contribution is -2.33. The van der Waals surface area contributed by atoms with Crippen molar-refractivity contribution in [2.45, 2.75) is 19.3 Å². The van der Waals surface area contributed by atoms with Gasteiger partial charge in [-0.2, -0.15) is 0 Å². The second-order valence-electron chi connectivity index (χ2n) is 7.09. The van der Waals surface area contributed by atoms with Gasteiger partial charge in [0.2, 0.25) is 5.91 Å². The molecule has 0 bridgehead atoms. The van der Waals surface area contributed by atoms with E-state index in [-0.39, 0.29) is 5.91 Å². The van der Waals surface area contributed by atoms with Crippen LogP contribution in [0, 0.1) is 0 Å². The van der Waals surface area contributed by atoms with Crippen LogP contribution in [0.1, 0.15) is 19.4 Å². The summed E-state index contributed by atoms with van der Waals surface area (Å²) in [7, 11) is 1.79. The van der Waals surface area contributed by atoms with Crippen molar-refractivity contribution in [3.05, 3.63) is 59.5 Å². The van der Waals surface area contributed by atoms with Crippen molar-refractivity contribution < 1.29 is 14.3 Å². The Morgan fingerprint density at radius 2 is 1.93 bits per heavy atom. The lowest BCUT2D eigenvalue weighted by Gasteiger charge is -2.16. The third-order valence-electron chi connectivity index (χ3n) is 4.83. The van der Waals surface area contributed by atoms with Crippen LogP contribution in [0.3, 0.4) is 0 Å². The van der Waals surface area contributed by atoms with E-state index in [9.17, 15) is 9.59 Å². The molecule has 1 aliphatic heterocycles. The maximum absolute atomic E-state index is 12.5. The minimum Gasteiger partial charge on any atom is -0.410 e. The minimum absolute atomic E-state index is 0.0731. The summed E-state index contributed by atoms with van der Waals surface area (Å²) in [6, 6.07) is 14.7. The Kier molecular flexibility index (Phi) is 4.39. The number of anilines is 2. The first-order valence-electron chi connectivity index (χ1n) is 8.79. The average molecular weight is 393 g/mol. The number of para-hydroxylation sites is 1. The number of hydrogen-bond donors (Lipinski definition) is 1. The molecular formula is C21H19N3O3S. The minimum atomic E-state index is -0.589. The van der Waals surface area contributed by atoms with Gasteiger partial charge in [0, 0.05) is 23.7 Å². The van der Waals surface area contributed by atoms with Crippen LogP contribution in [0.2, 0.25) is 0 Å².